The van der Waals surface area contributed by atoms with E-state index in [2.05, 4.69) is 5.32 Å². The van der Waals surface area contributed by atoms with E-state index in [1.165, 1.54) is 0 Å². The number of hydrogen-bond donors (Lipinski definition) is 2. The smallest absolute Gasteiger partial charge is 0.407 e. The van der Waals surface area contributed by atoms with Crippen LogP contribution in [0, 0.1) is 11.8 Å². The van der Waals surface area contributed by atoms with Crippen molar-refractivity contribution in [1.29, 1.82) is 0 Å². The van der Waals surface area contributed by atoms with Crippen molar-refractivity contribution < 1.29 is 19.4 Å². The Kier molecular flexibility index (Phi) is 6.58. The van der Waals surface area contributed by atoms with Crippen LogP contribution in [0.15, 0.2) is 30.3 Å². The molecule has 2 N–H and O–H groups in total. The van der Waals surface area contributed by atoms with E-state index < -0.39 is 18.0 Å². The number of carbonyl (C=O) groups excluding carboxylic acids is 1. The van der Waals surface area contributed by atoms with Crippen molar-refractivity contribution in [1.82, 2.24) is 5.32 Å². The number of alkyl carbamates (subject to hydrolysis) is 1. The van der Waals surface area contributed by atoms with Gasteiger partial charge in [0.25, 0.3) is 0 Å². The number of benzene rings is 1. The summed E-state index contributed by atoms with van der Waals surface area (Å²) in [4.78, 5) is 22.9. The van der Waals surface area contributed by atoms with Gasteiger partial charge in [0.1, 0.15) is 6.61 Å². The molecule has 0 saturated carbocycles. The van der Waals surface area contributed by atoms with Crippen molar-refractivity contribution in [3.63, 3.8) is 0 Å². The number of rotatable bonds is 7. The highest BCUT2D eigenvalue weighted by Crippen LogP contribution is 2.28. The molecular formula is C16H21NO4S. The largest absolute Gasteiger partial charge is 0.481 e. The molecule has 22 heavy (non-hydrogen) atoms. The minimum absolute atomic E-state index is 0.115. The van der Waals surface area contributed by atoms with E-state index in [9.17, 15) is 14.7 Å². The van der Waals surface area contributed by atoms with Crippen molar-refractivity contribution in [2.75, 3.05) is 18.1 Å². The van der Waals surface area contributed by atoms with Crippen LogP contribution >= 0.6 is 11.8 Å². The molecule has 5 nitrogen and oxygen atoms in total. The van der Waals surface area contributed by atoms with Crippen molar-refractivity contribution >= 4 is 23.8 Å². The first kappa shape index (κ1) is 16.7. The Hall–Kier alpha value is -1.69. The highest BCUT2D eigenvalue weighted by Gasteiger charge is 2.25. The molecule has 1 aromatic carbocycles. The molecular weight excluding hydrogens is 302 g/mol. The summed E-state index contributed by atoms with van der Waals surface area (Å²) in [5, 5.41) is 11.8. The van der Waals surface area contributed by atoms with E-state index in [1.807, 2.05) is 42.1 Å². The Balaban J connectivity index is 1.71. The summed E-state index contributed by atoms with van der Waals surface area (Å²) in [5.41, 5.74) is 0.899. The maximum Gasteiger partial charge on any atom is 0.407 e. The number of amides is 1. The summed E-state index contributed by atoms with van der Waals surface area (Å²) in [6, 6.07) is 9.37. The maximum atomic E-state index is 11.7. The van der Waals surface area contributed by atoms with Crippen LogP contribution in [0.25, 0.3) is 0 Å². The average molecular weight is 323 g/mol. The predicted octanol–water partition coefficient (Wildman–Crippen LogP) is 2.76. The maximum absolute atomic E-state index is 11.7. The monoisotopic (exact) mass is 323 g/mol. The van der Waals surface area contributed by atoms with E-state index in [4.69, 9.17) is 4.74 Å². The number of aliphatic carboxylic acids is 1. The number of ether oxygens (including phenoxy) is 1. The first-order valence-electron chi connectivity index (χ1n) is 7.40. The quantitative estimate of drug-likeness (QED) is 0.807. The average Bonchev–Trinajstić information content (AvgIpc) is 3.03. The fourth-order valence-corrected chi connectivity index (χ4v) is 3.73. The summed E-state index contributed by atoms with van der Waals surface area (Å²) < 4.78 is 5.08. The Labute approximate surface area is 134 Å². The first-order valence-corrected chi connectivity index (χ1v) is 8.55. The SMILES string of the molecule is O=C(NCC(CC1CCSC1)C(=O)O)OCc1ccccc1. The van der Waals surface area contributed by atoms with Crippen LogP contribution in [0.2, 0.25) is 0 Å². The Bertz CT molecular complexity index is 488. The lowest BCUT2D eigenvalue weighted by atomic mass is 9.94. The third-order valence-electron chi connectivity index (χ3n) is 3.70. The van der Waals surface area contributed by atoms with Gasteiger partial charge in [0, 0.05) is 6.54 Å². The van der Waals surface area contributed by atoms with Crippen LogP contribution in [0.5, 0.6) is 0 Å². The molecule has 1 aliphatic heterocycles. The number of nitrogens with one attached hydrogen (secondary N) is 1. The summed E-state index contributed by atoms with van der Waals surface area (Å²) in [5.74, 6) is 1.15. The topological polar surface area (TPSA) is 75.6 Å². The van der Waals surface area contributed by atoms with Crippen molar-refractivity contribution in [3.05, 3.63) is 35.9 Å². The van der Waals surface area contributed by atoms with Gasteiger partial charge >= 0.3 is 12.1 Å². The number of hydrogen-bond acceptors (Lipinski definition) is 4. The molecule has 2 unspecified atom stereocenters. The van der Waals surface area contributed by atoms with Crippen molar-refractivity contribution in [2.24, 2.45) is 11.8 Å². The molecule has 0 aromatic heterocycles. The third kappa shape index (κ3) is 5.60. The fourth-order valence-electron chi connectivity index (χ4n) is 2.42. The first-order chi connectivity index (χ1) is 10.6. The van der Waals surface area contributed by atoms with Gasteiger partial charge in [-0.15, -0.1) is 0 Å². The summed E-state index contributed by atoms with van der Waals surface area (Å²) in [6.07, 6.45) is 1.10. The van der Waals surface area contributed by atoms with Gasteiger partial charge in [-0.1, -0.05) is 30.3 Å². The van der Waals surface area contributed by atoms with Gasteiger partial charge in [0.05, 0.1) is 5.92 Å². The molecule has 120 valence electrons. The van der Waals surface area contributed by atoms with Crippen LogP contribution in [-0.4, -0.2) is 35.2 Å². The molecule has 1 heterocycles. The molecule has 1 amide bonds. The lowest BCUT2D eigenvalue weighted by Gasteiger charge is -2.16. The minimum atomic E-state index is -0.861. The highest BCUT2D eigenvalue weighted by atomic mass is 32.2. The van der Waals surface area contributed by atoms with Gasteiger partial charge in [0.15, 0.2) is 0 Å². The predicted molar refractivity (Wildman–Crippen MR) is 85.8 cm³/mol. The van der Waals surface area contributed by atoms with E-state index in [0.717, 1.165) is 23.5 Å². The molecule has 6 heteroatoms. The second kappa shape index (κ2) is 8.68. The molecule has 2 rings (SSSR count). The number of carboxylic acids is 1. The van der Waals surface area contributed by atoms with E-state index >= 15 is 0 Å². The summed E-state index contributed by atoms with van der Waals surface area (Å²) >= 11 is 1.86. The molecule has 2 atom stereocenters. The summed E-state index contributed by atoms with van der Waals surface area (Å²) in [6.45, 7) is 0.299. The van der Waals surface area contributed by atoms with Gasteiger partial charge in [0.2, 0.25) is 0 Å². The minimum Gasteiger partial charge on any atom is -0.481 e. The fraction of sp³-hybridized carbons (Fsp3) is 0.500. The highest BCUT2D eigenvalue weighted by molar-refractivity contribution is 7.99. The molecule has 1 aromatic rings. The molecule has 0 spiro atoms. The number of carboxylic acid groups (broad SMARTS) is 1. The van der Waals surface area contributed by atoms with Gasteiger partial charge in [-0.2, -0.15) is 11.8 Å². The normalized spacial score (nSPS) is 18.6. The van der Waals surface area contributed by atoms with Gasteiger partial charge < -0.3 is 15.2 Å². The lowest BCUT2D eigenvalue weighted by Crippen LogP contribution is -2.34. The number of thioether (sulfide) groups is 1. The van der Waals surface area contributed by atoms with Gasteiger partial charge in [-0.25, -0.2) is 4.79 Å². The second-order valence-corrected chi connectivity index (χ2v) is 6.59. The molecule has 0 bridgehead atoms. The molecule has 0 aliphatic carbocycles. The standard InChI is InChI=1S/C16H21NO4S/c18-15(19)14(8-13-6-7-22-11-13)9-17-16(20)21-10-12-4-2-1-3-5-12/h1-5,13-14H,6-11H2,(H,17,20)(H,18,19). The van der Waals surface area contributed by atoms with Gasteiger partial charge in [-0.05, 0) is 35.8 Å². The molecule has 1 aliphatic rings. The van der Waals surface area contributed by atoms with Crippen LogP contribution in [0.4, 0.5) is 4.79 Å². The third-order valence-corrected chi connectivity index (χ3v) is 4.93. The van der Waals surface area contributed by atoms with Crippen molar-refractivity contribution in [2.45, 2.75) is 19.4 Å². The zero-order valence-corrected chi connectivity index (χ0v) is 13.2. The van der Waals surface area contributed by atoms with Crippen molar-refractivity contribution in [3.8, 4) is 0 Å². The Morgan fingerprint density at radius 1 is 1.36 bits per heavy atom. The van der Waals surface area contributed by atoms with Crippen LogP contribution < -0.4 is 5.32 Å². The second-order valence-electron chi connectivity index (χ2n) is 5.44. The van der Waals surface area contributed by atoms with Gasteiger partial charge in [-0.3, -0.25) is 4.79 Å². The Morgan fingerprint density at radius 3 is 2.77 bits per heavy atom. The molecule has 0 radical (unpaired) electrons. The van der Waals surface area contributed by atoms with Crippen LogP contribution in [0.3, 0.4) is 0 Å². The van der Waals surface area contributed by atoms with E-state index in [1.54, 1.807) is 0 Å². The number of carbonyl (C=O) groups is 2. The lowest BCUT2D eigenvalue weighted by molar-refractivity contribution is -0.142. The van der Waals surface area contributed by atoms with E-state index in [-0.39, 0.29) is 13.2 Å². The van der Waals surface area contributed by atoms with Crippen LogP contribution in [-0.2, 0) is 16.1 Å². The molecule has 1 fully saturated rings. The summed E-state index contributed by atoms with van der Waals surface area (Å²) in [7, 11) is 0. The Morgan fingerprint density at radius 2 is 2.14 bits per heavy atom. The molecule has 1 saturated heterocycles. The van der Waals surface area contributed by atoms with Crippen LogP contribution in [0.1, 0.15) is 18.4 Å². The zero-order valence-electron chi connectivity index (χ0n) is 12.4. The zero-order chi connectivity index (χ0) is 15.8. The van der Waals surface area contributed by atoms with E-state index in [0.29, 0.717) is 12.3 Å².